The van der Waals surface area contributed by atoms with Gasteiger partial charge in [0.1, 0.15) is 11.2 Å². The van der Waals surface area contributed by atoms with E-state index in [1.54, 1.807) is 12.1 Å². The molecule has 0 bridgehead atoms. The van der Waals surface area contributed by atoms with E-state index in [2.05, 4.69) is 0 Å². The van der Waals surface area contributed by atoms with E-state index in [4.69, 9.17) is 18.8 Å². The molecule has 0 amide bonds. The number of rotatable bonds is 7. The number of hydrogen-bond donors (Lipinski definition) is 0. The molecule has 4 aromatic heterocycles. The molecule has 4 heterocycles. The first-order valence-corrected chi connectivity index (χ1v) is 17.0. The van der Waals surface area contributed by atoms with E-state index in [0.29, 0.717) is 56.4 Å². The van der Waals surface area contributed by atoms with Crippen molar-refractivity contribution in [1.82, 2.24) is 9.13 Å². The monoisotopic (exact) mass is 666 g/mol. The first-order valence-electron chi connectivity index (χ1n) is 15.2. The predicted molar refractivity (Wildman–Crippen MR) is 191 cm³/mol. The van der Waals surface area contributed by atoms with Crippen molar-refractivity contribution in [3.05, 3.63) is 163 Å². The van der Waals surface area contributed by atoms with Gasteiger partial charge < -0.3 is 18.0 Å². The summed E-state index contributed by atoms with van der Waals surface area (Å²) in [5, 5.41) is 5.53. The highest BCUT2D eigenvalue weighted by Crippen LogP contribution is 2.25. The molecule has 8 nitrogen and oxygen atoms in total. The Morgan fingerprint density at radius 2 is 0.917 bits per heavy atom. The van der Waals surface area contributed by atoms with Crippen LogP contribution in [0.15, 0.2) is 160 Å². The van der Waals surface area contributed by atoms with Crippen LogP contribution in [0.1, 0.15) is 0 Å². The van der Waals surface area contributed by atoms with Crippen LogP contribution in [0.4, 0.5) is 11.4 Å². The maximum absolute atomic E-state index is 13.4. The lowest BCUT2D eigenvalue weighted by molar-refractivity contribution is 0.548. The van der Waals surface area contributed by atoms with E-state index >= 15 is 0 Å². The minimum Gasteiger partial charge on any atom is -0.422 e. The second kappa shape index (κ2) is 12.7. The Morgan fingerprint density at radius 1 is 0.521 bits per heavy atom. The van der Waals surface area contributed by atoms with Crippen molar-refractivity contribution in [3.63, 3.8) is 0 Å². The van der Waals surface area contributed by atoms with Gasteiger partial charge in [0.25, 0.3) is 0 Å². The molecule has 0 radical (unpaired) electrons. The van der Waals surface area contributed by atoms with Crippen LogP contribution < -0.4 is 20.9 Å². The number of fused-ring (bicyclic) bond motifs is 2. The van der Waals surface area contributed by atoms with Gasteiger partial charge in [-0.25, -0.2) is 19.6 Å². The molecule has 234 valence electrons. The van der Waals surface area contributed by atoms with Crippen LogP contribution in [-0.4, -0.2) is 9.13 Å². The molecule has 0 aliphatic rings. The van der Waals surface area contributed by atoms with Crippen LogP contribution >= 0.6 is 22.7 Å². The van der Waals surface area contributed by atoms with Gasteiger partial charge in [-0.15, -0.1) is 22.7 Å². The van der Waals surface area contributed by atoms with Crippen molar-refractivity contribution in [3.8, 4) is 22.5 Å². The van der Waals surface area contributed by atoms with Crippen LogP contribution in [0.2, 0.25) is 0 Å². The van der Waals surface area contributed by atoms with E-state index in [0.717, 1.165) is 22.1 Å². The van der Waals surface area contributed by atoms with E-state index in [-0.39, 0.29) is 0 Å². The van der Waals surface area contributed by atoms with Gasteiger partial charge in [-0.1, -0.05) is 72.8 Å². The average molecular weight is 667 g/mol. The summed E-state index contributed by atoms with van der Waals surface area (Å²) in [7, 11) is 0. The minimum atomic E-state index is -0.427. The smallest absolute Gasteiger partial charge is 0.345 e. The Balaban J connectivity index is 1.29. The Bertz CT molecular complexity index is 2490. The largest absolute Gasteiger partial charge is 0.422 e. The zero-order chi connectivity index (χ0) is 32.5. The van der Waals surface area contributed by atoms with Crippen LogP contribution in [0.5, 0.6) is 0 Å². The third-order valence-electron chi connectivity index (χ3n) is 7.94. The molecular formula is C38H26N4O4S2. The van der Waals surface area contributed by atoms with Gasteiger partial charge in [0, 0.05) is 34.6 Å². The summed E-state index contributed by atoms with van der Waals surface area (Å²) < 4.78 is 15.5. The van der Waals surface area contributed by atoms with Gasteiger partial charge in [-0.05, 0) is 48.5 Å². The quantitative estimate of drug-likeness (QED) is 0.161. The van der Waals surface area contributed by atoms with Crippen LogP contribution in [0, 0.1) is 0 Å². The zero-order valence-corrected chi connectivity index (χ0v) is 27.0. The van der Waals surface area contributed by atoms with Crippen LogP contribution in [-0.2, 0) is 13.1 Å². The number of benzene rings is 4. The fourth-order valence-electron chi connectivity index (χ4n) is 5.61. The normalized spacial score (nSPS) is 12.3. The molecule has 0 saturated carbocycles. The Morgan fingerprint density at radius 3 is 1.35 bits per heavy atom. The lowest BCUT2D eigenvalue weighted by Gasteiger charge is -2.13. The van der Waals surface area contributed by atoms with Crippen LogP contribution in [0.25, 0.3) is 44.5 Å². The standard InChI is InChI=1S/C38H26N4O4S2/c43-35-29(21-25-11-7-9-17-33(25)45-35)31-23-47-37(39-27-13-3-1-4-14-27)41(31)19-20-42-32(24-48-38(42)40-28-15-5-2-6-16-28)30-22-26-12-8-10-18-34(26)46-36(30)44/h1-18,21-24H,19-20H2. The molecule has 8 rings (SSSR count). The molecule has 0 aliphatic carbocycles. The Hall–Kier alpha value is -5.84. The molecule has 0 aliphatic heterocycles. The molecule has 0 spiro atoms. The summed E-state index contributed by atoms with van der Waals surface area (Å²) >= 11 is 2.90. The molecular weight excluding hydrogens is 641 g/mol. The van der Waals surface area contributed by atoms with Crippen molar-refractivity contribution in [2.45, 2.75) is 13.1 Å². The topological polar surface area (TPSA) is 95.0 Å². The van der Waals surface area contributed by atoms with E-state index in [1.807, 2.05) is 129 Å². The van der Waals surface area contributed by atoms with Crippen molar-refractivity contribution in [1.29, 1.82) is 0 Å². The average Bonchev–Trinajstić information content (AvgIpc) is 3.70. The lowest BCUT2D eigenvalue weighted by Crippen LogP contribution is -2.25. The number of nitrogens with zero attached hydrogens (tertiary/aromatic N) is 4. The van der Waals surface area contributed by atoms with Gasteiger partial charge in [0.2, 0.25) is 0 Å². The number of para-hydroxylation sites is 4. The van der Waals surface area contributed by atoms with E-state index in [9.17, 15) is 9.59 Å². The number of aromatic nitrogens is 2. The fraction of sp³-hybridized carbons (Fsp3) is 0.0526. The van der Waals surface area contributed by atoms with Crippen LogP contribution in [0.3, 0.4) is 0 Å². The SMILES string of the molecule is O=c1oc2ccccc2cc1-c1csc(=Nc2ccccc2)n1CCn1c(-c2cc3ccccc3oc2=O)csc1=Nc1ccccc1. The maximum atomic E-state index is 13.4. The van der Waals surface area contributed by atoms with Gasteiger partial charge >= 0.3 is 11.3 Å². The zero-order valence-electron chi connectivity index (χ0n) is 25.4. The summed E-state index contributed by atoms with van der Waals surface area (Å²) in [4.78, 5) is 38.1. The predicted octanol–water partition coefficient (Wildman–Crippen LogP) is 8.12. The van der Waals surface area contributed by atoms with Gasteiger partial charge in [-0.2, -0.15) is 0 Å². The molecule has 4 aromatic carbocycles. The molecule has 0 unspecified atom stereocenters. The first kappa shape index (κ1) is 29.6. The Labute approximate surface area is 281 Å². The van der Waals surface area contributed by atoms with Crippen molar-refractivity contribution in [2.75, 3.05) is 0 Å². The highest BCUT2D eigenvalue weighted by molar-refractivity contribution is 7.07. The summed E-state index contributed by atoms with van der Waals surface area (Å²) in [6, 6.07) is 38.1. The Kier molecular flexibility index (Phi) is 7.85. The lowest BCUT2D eigenvalue weighted by atomic mass is 10.1. The summed E-state index contributed by atoms with van der Waals surface area (Å²) in [5.74, 6) is 0. The molecule has 10 heteroatoms. The highest BCUT2D eigenvalue weighted by atomic mass is 32.1. The third kappa shape index (κ3) is 5.79. The second-order valence-corrected chi connectivity index (χ2v) is 12.6. The minimum absolute atomic E-state index is 0.418. The molecule has 0 fully saturated rings. The highest BCUT2D eigenvalue weighted by Gasteiger charge is 2.18. The number of hydrogen-bond acceptors (Lipinski definition) is 8. The summed E-state index contributed by atoms with van der Waals surface area (Å²) in [6.07, 6.45) is 0. The first-order chi connectivity index (χ1) is 23.6. The number of thiazole rings is 2. The van der Waals surface area contributed by atoms with Gasteiger partial charge in [0.05, 0.1) is 33.9 Å². The second-order valence-electron chi connectivity index (χ2n) is 11.0. The van der Waals surface area contributed by atoms with E-state index < -0.39 is 11.3 Å². The van der Waals surface area contributed by atoms with Crippen molar-refractivity contribution >= 4 is 56.0 Å². The van der Waals surface area contributed by atoms with E-state index in [1.165, 1.54) is 22.7 Å². The molecule has 0 atom stereocenters. The maximum Gasteiger partial charge on any atom is 0.345 e. The molecule has 8 aromatic rings. The summed E-state index contributed by atoms with van der Waals surface area (Å²) in [5.41, 5.74) is 4.07. The summed E-state index contributed by atoms with van der Waals surface area (Å²) in [6.45, 7) is 0.836. The van der Waals surface area contributed by atoms with Gasteiger partial charge in [-0.3, -0.25) is 0 Å². The third-order valence-corrected chi connectivity index (χ3v) is 9.67. The molecule has 0 saturated heterocycles. The van der Waals surface area contributed by atoms with Crippen molar-refractivity contribution < 1.29 is 8.83 Å². The molecule has 0 N–H and O–H groups in total. The van der Waals surface area contributed by atoms with Gasteiger partial charge in [0.15, 0.2) is 9.60 Å². The van der Waals surface area contributed by atoms with Crippen molar-refractivity contribution in [2.24, 2.45) is 9.98 Å². The fourth-order valence-corrected chi connectivity index (χ4v) is 7.50. The molecule has 48 heavy (non-hydrogen) atoms.